The van der Waals surface area contributed by atoms with Crippen LogP contribution in [0.2, 0.25) is 0 Å². The Bertz CT molecular complexity index is 1290. The van der Waals surface area contributed by atoms with Crippen molar-refractivity contribution in [3.63, 3.8) is 0 Å². The number of amides is 1. The molecule has 1 aromatic carbocycles. The predicted molar refractivity (Wildman–Crippen MR) is 133 cm³/mol. The Labute approximate surface area is 204 Å². The number of nitrogens with one attached hydrogen (secondary N) is 1. The first kappa shape index (κ1) is 23.5. The van der Waals surface area contributed by atoms with Crippen LogP contribution >= 0.6 is 23.1 Å². The maximum absolute atomic E-state index is 13.0. The molecule has 1 amide bonds. The number of carbonyl (C=O) groups is 2. The van der Waals surface area contributed by atoms with Crippen LogP contribution in [0, 0.1) is 0 Å². The van der Waals surface area contributed by atoms with Gasteiger partial charge in [0.05, 0.1) is 17.4 Å². The predicted octanol–water partition coefficient (Wildman–Crippen LogP) is 4.08. The van der Waals surface area contributed by atoms with Crippen LogP contribution in [0.15, 0.2) is 66.1 Å². The summed E-state index contributed by atoms with van der Waals surface area (Å²) in [4.78, 5) is 30.4. The van der Waals surface area contributed by atoms with Gasteiger partial charge >= 0.3 is 5.97 Å². The number of esters is 1. The Morgan fingerprint density at radius 2 is 1.94 bits per heavy atom. The molecule has 11 heteroatoms. The van der Waals surface area contributed by atoms with Crippen molar-refractivity contribution in [3.05, 3.63) is 66.5 Å². The number of nitrogen functional groups attached to an aromatic ring is 1. The van der Waals surface area contributed by atoms with Gasteiger partial charge in [-0.15, -0.1) is 21.5 Å². The number of anilines is 1. The lowest BCUT2D eigenvalue weighted by Gasteiger charge is -2.11. The van der Waals surface area contributed by atoms with Gasteiger partial charge in [-0.05, 0) is 37.6 Å². The van der Waals surface area contributed by atoms with E-state index in [2.05, 4.69) is 20.5 Å². The van der Waals surface area contributed by atoms with E-state index in [-0.39, 0.29) is 12.5 Å². The molecule has 0 fully saturated rings. The van der Waals surface area contributed by atoms with Crippen LogP contribution in [0.3, 0.4) is 0 Å². The number of hydrogen-bond acceptors (Lipinski definition) is 9. The summed E-state index contributed by atoms with van der Waals surface area (Å²) in [7, 11) is 0. The van der Waals surface area contributed by atoms with Gasteiger partial charge < -0.3 is 15.9 Å². The molecule has 1 unspecified atom stereocenters. The van der Waals surface area contributed by atoms with Crippen LogP contribution in [0.1, 0.15) is 24.2 Å². The van der Waals surface area contributed by atoms with E-state index in [1.54, 1.807) is 38.4 Å². The first-order valence-corrected chi connectivity index (χ1v) is 12.1. The minimum atomic E-state index is -0.564. The molecule has 4 aromatic rings. The fraction of sp³-hybridized carbons (Fsp3) is 0.174. The highest BCUT2D eigenvalue weighted by Gasteiger charge is 2.24. The minimum absolute atomic E-state index is 0.237. The van der Waals surface area contributed by atoms with Crippen molar-refractivity contribution in [3.8, 4) is 21.8 Å². The smallest absolute Gasteiger partial charge is 0.341 e. The summed E-state index contributed by atoms with van der Waals surface area (Å²) in [5.41, 5.74) is 1.98. The Morgan fingerprint density at radius 3 is 2.65 bits per heavy atom. The monoisotopic (exact) mass is 494 g/mol. The molecule has 0 aliphatic heterocycles. The van der Waals surface area contributed by atoms with Crippen molar-refractivity contribution in [2.75, 3.05) is 17.8 Å². The molecule has 0 aliphatic rings. The Hall–Kier alpha value is -3.70. The molecule has 0 aliphatic carbocycles. The molecule has 3 heterocycles. The van der Waals surface area contributed by atoms with Gasteiger partial charge in [0.2, 0.25) is 11.1 Å². The van der Waals surface area contributed by atoms with E-state index < -0.39 is 11.2 Å². The normalized spacial score (nSPS) is 11.7. The molecule has 3 N–H and O–H groups in total. The van der Waals surface area contributed by atoms with Crippen molar-refractivity contribution in [1.82, 2.24) is 19.9 Å². The van der Waals surface area contributed by atoms with Crippen molar-refractivity contribution < 1.29 is 14.3 Å². The largest absolute Gasteiger partial charge is 0.462 e. The first-order valence-electron chi connectivity index (χ1n) is 10.4. The number of hydrogen-bond donors (Lipinski definition) is 2. The van der Waals surface area contributed by atoms with E-state index >= 15 is 0 Å². The molecular formula is C23H22N6O3S2. The number of rotatable bonds is 8. The minimum Gasteiger partial charge on any atom is -0.462 e. The van der Waals surface area contributed by atoms with Gasteiger partial charge in [0.1, 0.15) is 5.00 Å². The van der Waals surface area contributed by atoms with Gasteiger partial charge in [-0.1, -0.05) is 42.1 Å². The Morgan fingerprint density at radius 1 is 1.18 bits per heavy atom. The van der Waals surface area contributed by atoms with Crippen LogP contribution in [0.25, 0.3) is 21.8 Å². The molecular weight excluding hydrogens is 472 g/mol. The van der Waals surface area contributed by atoms with Crippen LogP contribution in [0.5, 0.6) is 0 Å². The molecule has 0 radical (unpaired) electrons. The number of aromatic nitrogens is 4. The van der Waals surface area contributed by atoms with E-state index in [0.29, 0.717) is 27.1 Å². The average Bonchev–Trinajstić information content (AvgIpc) is 3.44. The maximum atomic E-state index is 13.0. The van der Waals surface area contributed by atoms with Gasteiger partial charge in [0.15, 0.2) is 5.82 Å². The number of pyridine rings is 1. The van der Waals surface area contributed by atoms with E-state index in [0.717, 1.165) is 22.2 Å². The molecule has 1 atom stereocenters. The highest BCUT2D eigenvalue weighted by Crippen LogP contribution is 2.36. The second-order valence-corrected chi connectivity index (χ2v) is 9.47. The summed E-state index contributed by atoms with van der Waals surface area (Å²) < 4.78 is 6.51. The van der Waals surface area contributed by atoms with Crippen LogP contribution in [0.4, 0.5) is 5.00 Å². The SMILES string of the molecule is CCOC(=O)c1cc(-c2ccccc2)sc1NC(=O)C(C)Sc1nnc(-c2cccnc2)n1N. The summed E-state index contributed by atoms with van der Waals surface area (Å²) in [6.45, 7) is 3.71. The number of benzene rings is 1. The van der Waals surface area contributed by atoms with Crippen molar-refractivity contribution in [1.29, 1.82) is 0 Å². The molecule has 4 rings (SSSR count). The summed E-state index contributed by atoms with van der Waals surface area (Å²) in [6, 6.07) is 15.0. The zero-order chi connectivity index (χ0) is 24.1. The molecule has 9 nitrogen and oxygen atoms in total. The number of thiophene rings is 1. The van der Waals surface area contributed by atoms with Crippen molar-refractivity contribution in [2.24, 2.45) is 0 Å². The third-order valence-electron chi connectivity index (χ3n) is 4.76. The zero-order valence-electron chi connectivity index (χ0n) is 18.5. The van der Waals surface area contributed by atoms with E-state index in [1.807, 2.05) is 36.4 Å². The zero-order valence-corrected chi connectivity index (χ0v) is 20.1. The Balaban J connectivity index is 1.52. The lowest BCUT2D eigenvalue weighted by atomic mass is 10.1. The molecule has 0 spiro atoms. The third kappa shape index (κ3) is 5.10. The number of nitrogens with zero attached hydrogens (tertiary/aromatic N) is 4. The quantitative estimate of drug-likeness (QED) is 0.213. The Kier molecular flexibility index (Phi) is 7.24. The molecule has 3 aromatic heterocycles. The standard InChI is InChI=1S/C23H22N6O3S2/c1-3-32-22(31)17-12-18(15-8-5-4-6-9-15)34-21(17)26-20(30)14(2)33-23-28-27-19(29(23)24)16-10-7-11-25-13-16/h4-14H,3,24H2,1-2H3,(H,26,30). The summed E-state index contributed by atoms with van der Waals surface area (Å²) >= 11 is 2.48. The second-order valence-electron chi connectivity index (χ2n) is 7.11. The van der Waals surface area contributed by atoms with Crippen LogP contribution in [-0.2, 0) is 9.53 Å². The third-order valence-corrected chi connectivity index (χ3v) is 6.91. The van der Waals surface area contributed by atoms with Crippen molar-refractivity contribution in [2.45, 2.75) is 24.3 Å². The topological polar surface area (TPSA) is 125 Å². The average molecular weight is 495 g/mol. The molecule has 0 saturated heterocycles. The summed E-state index contributed by atoms with van der Waals surface area (Å²) in [5, 5.41) is 11.3. The summed E-state index contributed by atoms with van der Waals surface area (Å²) in [5.74, 6) is 5.81. The number of nitrogens with two attached hydrogens (primary N) is 1. The highest BCUT2D eigenvalue weighted by molar-refractivity contribution is 8.00. The van der Waals surface area contributed by atoms with Crippen LogP contribution < -0.4 is 11.2 Å². The van der Waals surface area contributed by atoms with Gasteiger partial charge in [0.25, 0.3) is 0 Å². The molecule has 34 heavy (non-hydrogen) atoms. The molecule has 0 saturated carbocycles. The second kappa shape index (κ2) is 10.5. The van der Waals surface area contributed by atoms with Gasteiger partial charge in [-0.2, -0.15) is 0 Å². The van der Waals surface area contributed by atoms with E-state index in [1.165, 1.54) is 16.0 Å². The lowest BCUT2D eigenvalue weighted by molar-refractivity contribution is -0.115. The van der Waals surface area contributed by atoms with Crippen LogP contribution in [-0.4, -0.2) is 43.6 Å². The van der Waals surface area contributed by atoms with E-state index in [9.17, 15) is 9.59 Å². The maximum Gasteiger partial charge on any atom is 0.341 e. The van der Waals surface area contributed by atoms with Crippen molar-refractivity contribution >= 4 is 40.0 Å². The molecule has 174 valence electrons. The highest BCUT2D eigenvalue weighted by atomic mass is 32.2. The fourth-order valence-corrected chi connectivity index (χ4v) is 4.89. The molecule has 0 bridgehead atoms. The van der Waals surface area contributed by atoms with E-state index in [4.69, 9.17) is 10.6 Å². The summed E-state index contributed by atoms with van der Waals surface area (Å²) in [6.07, 6.45) is 3.29. The number of ether oxygens (including phenoxy) is 1. The number of thioether (sulfide) groups is 1. The van der Waals surface area contributed by atoms with Gasteiger partial charge in [0, 0.05) is 22.8 Å². The fourth-order valence-electron chi connectivity index (χ4n) is 3.06. The number of carbonyl (C=O) groups excluding carboxylic acids is 2. The van der Waals surface area contributed by atoms with Gasteiger partial charge in [-0.25, -0.2) is 9.47 Å². The first-order chi connectivity index (χ1) is 16.5. The van der Waals surface area contributed by atoms with Gasteiger partial charge in [-0.3, -0.25) is 9.78 Å². The lowest BCUT2D eigenvalue weighted by Crippen LogP contribution is -2.24.